The van der Waals surface area contributed by atoms with E-state index in [-0.39, 0.29) is 11.3 Å². The van der Waals surface area contributed by atoms with E-state index in [0.29, 0.717) is 22.7 Å². The first-order valence-electron chi connectivity index (χ1n) is 10.2. The zero-order chi connectivity index (χ0) is 23.0. The topological polar surface area (TPSA) is 58.6 Å². The lowest BCUT2D eigenvalue weighted by Crippen LogP contribution is -2.32. The van der Waals surface area contributed by atoms with E-state index in [1.54, 1.807) is 18.2 Å². The highest BCUT2D eigenvalue weighted by molar-refractivity contribution is 6.46. The molecule has 6 heteroatoms. The van der Waals surface area contributed by atoms with Crippen LogP contribution in [0.1, 0.15) is 22.3 Å². The number of carbonyl (C=O) groups excluding carboxylic acids is 2. The lowest BCUT2D eigenvalue weighted by molar-refractivity contribution is -0.120. The van der Waals surface area contributed by atoms with Crippen LogP contribution >= 0.6 is 0 Å². The van der Waals surface area contributed by atoms with E-state index in [2.05, 4.69) is 5.32 Å². The van der Waals surface area contributed by atoms with Crippen LogP contribution in [0.3, 0.4) is 0 Å². The first kappa shape index (κ1) is 21.3. The molecule has 1 heterocycles. The molecule has 4 rings (SSSR count). The van der Waals surface area contributed by atoms with Crippen LogP contribution in [0.2, 0.25) is 0 Å². The Balaban J connectivity index is 1.87. The van der Waals surface area contributed by atoms with Crippen molar-refractivity contribution in [1.29, 1.82) is 0 Å². The zero-order valence-electron chi connectivity index (χ0n) is 18.3. The number of benzene rings is 3. The van der Waals surface area contributed by atoms with Gasteiger partial charge >= 0.3 is 0 Å². The van der Waals surface area contributed by atoms with Crippen LogP contribution in [0.4, 0.5) is 15.8 Å². The van der Waals surface area contributed by atoms with Gasteiger partial charge in [-0.3, -0.25) is 9.59 Å². The van der Waals surface area contributed by atoms with Gasteiger partial charge in [-0.15, -0.1) is 0 Å². The Bertz CT molecular complexity index is 1240. The molecule has 1 aliphatic rings. The van der Waals surface area contributed by atoms with Crippen molar-refractivity contribution in [2.45, 2.75) is 20.8 Å². The summed E-state index contributed by atoms with van der Waals surface area (Å²) >= 11 is 0. The van der Waals surface area contributed by atoms with Crippen molar-refractivity contribution in [1.82, 2.24) is 0 Å². The molecule has 0 bridgehead atoms. The minimum Gasteiger partial charge on any atom is -0.495 e. The normalized spacial score (nSPS) is 13.7. The summed E-state index contributed by atoms with van der Waals surface area (Å²) < 4.78 is 19.0. The van der Waals surface area contributed by atoms with Crippen molar-refractivity contribution < 1.29 is 18.7 Å². The fourth-order valence-electron chi connectivity index (χ4n) is 3.90. The van der Waals surface area contributed by atoms with Crippen molar-refractivity contribution in [3.8, 4) is 5.75 Å². The third-order valence-electron chi connectivity index (χ3n) is 5.30. The van der Waals surface area contributed by atoms with Gasteiger partial charge in [0.25, 0.3) is 11.8 Å². The van der Waals surface area contributed by atoms with E-state index >= 15 is 0 Å². The van der Waals surface area contributed by atoms with Gasteiger partial charge < -0.3 is 10.1 Å². The van der Waals surface area contributed by atoms with Crippen LogP contribution in [0.15, 0.2) is 66.4 Å². The number of anilines is 2. The highest BCUT2D eigenvalue weighted by Crippen LogP contribution is 2.36. The fourth-order valence-corrected chi connectivity index (χ4v) is 3.90. The third kappa shape index (κ3) is 3.87. The molecule has 0 unspecified atom stereocenters. The molecule has 162 valence electrons. The first-order valence-corrected chi connectivity index (χ1v) is 10.2. The third-order valence-corrected chi connectivity index (χ3v) is 5.30. The molecule has 32 heavy (non-hydrogen) atoms. The number of hydrogen-bond donors (Lipinski definition) is 1. The number of ether oxygens (including phenoxy) is 1. The van der Waals surface area contributed by atoms with Crippen molar-refractivity contribution in [2.24, 2.45) is 0 Å². The summed E-state index contributed by atoms with van der Waals surface area (Å²) in [5.74, 6) is -0.845. The van der Waals surface area contributed by atoms with E-state index in [1.807, 2.05) is 39.0 Å². The summed E-state index contributed by atoms with van der Waals surface area (Å²) in [6.45, 7) is 5.74. The van der Waals surface area contributed by atoms with E-state index in [0.717, 1.165) is 21.6 Å². The Morgan fingerprint density at radius 1 is 0.812 bits per heavy atom. The van der Waals surface area contributed by atoms with Gasteiger partial charge in [0.1, 0.15) is 17.3 Å². The smallest absolute Gasteiger partial charge is 0.282 e. The predicted molar refractivity (Wildman–Crippen MR) is 123 cm³/mol. The number of aryl methyl sites for hydroxylation is 3. The molecule has 0 atom stereocenters. The van der Waals surface area contributed by atoms with Crippen LogP contribution in [-0.2, 0) is 9.59 Å². The Morgan fingerprint density at radius 2 is 1.47 bits per heavy atom. The van der Waals surface area contributed by atoms with E-state index in [4.69, 9.17) is 4.74 Å². The lowest BCUT2D eigenvalue weighted by atomic mass is 10.0. The number of amides is 2. The second-order valence-electron chi connectivity index (χ2n) is 7.88. The summed E-state index contributed by atoms with van der Waals surface area (Å²) in [6.07, 6.45) is 0. The first-order chi connectivity index (χ1) is 15.3. The number of carbonyl (C=O) groups is 2. The molecule has 2 amide bonds. The number of halogens is 1. The molecular weight excluding hydrogens is 407 g/mol. The van der Waals surface area contributed by atoms with Crippen LogP contribution < -0.4 is 15.0 Å². The van der Waals surface area contributed by atoms with Gasteiger partial charge in [-0.1, -0.05) is 24.3 Å². The van der Waals surface area contributed by atoms with E-state index < -0.39 is 17.6 Å². The SMILES string of the molecule is COc1ccc(C)cc1NC1=C(c2ccc(F)cc2)C(=O)N(c2cc(C)cc(C)c2)C1=O. The average molecular weight is 430 g/mol. The van der Waals surface area contributed by atoms with Gasteiger partial charge in [0.05, 0.1) is 24.1 Å². The molecule has 3 aromatic rings. The maximum atomic E-state index is 13.6. The molecule has 5 nitrogen and oxygen atoms in total. The Labute approximate surface area is 186 Å². The largest absolute Gasteiger partial charge is 0.495 e. The zero-order valence-corrected chi connectivity index (χ0v) is 18.3. The Hall–Kier alpha value is -3.93. The number of methoxy groups -OCH3 is 1. The summed E-state index contributed by atoms with van der Waals surface area (Å²) in [4.78, 5) is 28.2. The van der Waals surface area contributed by atoms with Gasteiger partial charge in [-0.25, -0.2) is 9.29 Å². The van der Waals surface area contributed by atoms with Gasteiger partial charge in [0.2, 0.25) is 0 Å². The molecule has 0 radical (unpaired) electrons. The highest BCUT2D eigenvalue weighted by atomic mass is 19.1. The molecule has 1 aliphatic heterocycles. The van der Waals surface area contributed by atoms with Crippen molar-refractivity contribution >= 4 is 28.8 Å². The molecule has 1 N–H and O–H groups in total. The van der Waals surface area contributed by atoms with Crippen LogP contribution in [0, 0.1) is 26.6 Å². The Kier molecular flexibility index (Phi) is 5.53. The summed E-state index contributed by atoms with van der Waals surface area (Å²) in [5.41, 5.74) is 4.63. The van der Waals surface area contributed by atoms with Crippen LogP contribution in [-0.4, -0.2) is 18.9 Å². The van der Waals surface area contributed by atoms with Crippen molar-refractivity contribution in [3.05, 3.63) is 94.4 Å². The second kappa shape index (κ2) is 8.30. The van der Waals surface area contributed by atoms with Gasteiger partial charge in [0.15, 0.2) is 0 Å². The monoisotopic (exact) mass is 430 g/mol. The van der Waals surface area contributed by atoms with E-state index in [9.17, 15) is 14.0 Å². The number of nitrogens with one attached hydrogen (secondary N) is 1. The molecule has 3 aromatic carbocycles. The van der Waals surface area contributed by atoms with Crippen LogP contribution in [0.25, 0.3) is 5.57 Å². The average Bonchev–Trinajstić information content (AvgIpc) is 2.98. The standard InChI is InChI=1S/C26H23FN2O3/c1-15-5-10-22(32-4)21(14-15)28-24-23(18-6-8-19(27)9-7-18)25(30)29(26(24)31)20-12-16(2)11-17(3)13-20/h5-14,28H,1-4H3. The summed E-state index contributed by atoms with van der Waals surface area (Å²) in [5, 5.41) is 3.12. The number of nitrogens with zero attached hydrogens (tertiary/aromatic N) is 1. The molecular formula is C26H23FN2O3. The predicted octanol–water partition coefficient (Wildman–Crippen LogP) is 5.16. The van der Waals surface area contributed by atoms with Gasteiger partial charge in [0, 0.05) is 0 Å². The summed E-state index contributed by atoms with van der Waals surface area (Å²) in [7, 11) is 1.54. The van der Waals surface area contributed by atoms with Crippen molar-refractivity contribution in [3.63, 3.8) is 0 Å². The quantitative estimate of drug-likeness (QED) is 0.569. The maximum absolute atomic E-state index is 13.6. The minimum atomic E-state index is -0.483. The van der Waals surface area contributed by atoms with Gasteiger partial charge in [-0.05, 0) is 79.4 Å². The molecule has 0 saturated heterocycles. The molecule has 0 aromatic heterocycles. The highest BCUT2D eigenvalue weighted by Gasteiger charge is 2.40. The van der Waals surface area contributed by atoms with E-state index in [1.165, 1.54) is 31.4 Å². The molecule has 0 fully saturated rings. The molecule has 0 aliphatic carbocycles. The summed E-state index contributed by atoms with van der Waals surface area (Å²) in [6, 6.07) is 16.6. The maximum Gasteiger partial charge on any atom is 0.282 e. The molecule has 0 saturated carbocycles. The second-order valence-corrected chi connectivity index (χ2v) is 7.88. The van der Waals surface area contributed by atoms with Crippen molar-refractivity contribution in [2.75, 3.05) is 17.3 Å². The minimum absolute atomic E-state index is 0.115. The van der Waals surface area contributed by atoms with Gasteiger partial charge in [-0.2, -0.15) is 0 Å². The molecule has 0 spiro atoms. The fraction of sp³-hybridized carbons (Fsp3) is 0.154. The number of imide groups is 1. The number of rotatable bonds is 5. The van der Waals surface area contributed by atoms with Crippen LogP contribution in [0.5, 0.6) is 5.75 Å². The number of hydrogen-bond acceptors (Lipinski definition) is 4. The lowest BCUT2D eigenvalue weighted by Gasteiger charge is -2.17. The Morgan fingerprint density at radius 3 is 2.09 bits per heavy atom.